The van der Waals surface area contributed by atoms with Crippen LogP contribution in [0.15, 0.2) is 0 Å². The van der Waals surface area contributed by atoms with Crippen LogP contribution >= 0.6 is 0 Å². The van der Waals surface area contributed by atoms with Gasteiger partial charge in [-0.15, -0.1) is 0 Å². The largest absolute Gasteiger partial charge is 0.411 e. The van der Waals surface area contributed by atoms with Crippen molar-refractivity contribution in [3.8, 4) is 0 Å². The van der Waals surface area contributed by atoms with Crippen LogP contribution in [-0.2, 0) is 4.74 Å². The molecule has 0 aromatic carbocycles. The van der Waals surface area contributed by atoms with Crippen molar-refractivity contribution in [1.82, 2.24) is 10.2 Å². The molecule has 0 saturated carbocycles. The lowest BCUT2D eigenvalue weighted by atomic mass is 9.89. The fourth-order valence-corrected chi connectivity index (χ4v) is 2.49. The minimum absolute atomic E-state index is 0.0938. The lowest BCUT2D eigenvalue weighted by Crippen LogP contribution is -2.63. The summed E-state index contributed by atoms with van der Waals surface area (Å²) in [6, 6.07) is 0.334. The van der Waals surface area contributed by atoms with Crippen LogP contribution in [0.5, 0.6) is 0 Å². The lowest BCUT2D eigenvalue weighted by molar-refractivity contribution is -0.175. The Morgan fingerprint density at radius 2 is 1.95 bits per heavy atom. The first-order chi connectivity index (χ1) is 8.82. The van der Waals surface area contributed by atoms with Gasteiger partial charge < -0.3 is 10.1 Å². The molecule has 3 nitrogen and oxygen atoms in total. The van der Waals surface area contributed by atoms with Gasteiger partial charge in [-0.05, 0) is 19.8 Å². The molecule has 6 heteroatoms. The van der Waals surface area contributed by atoms with Crippen molar-refractivity contribution in [3.63, 3.8) is 0 Å². The van der Waals surface area contributed by atoms with Gasteiger partial charge in [0, 0.05) is 31.2 Å². The highest BCUT2D eigenvalue weighted by Crippen LogP contribution is 2.22. The summed E-state index contributed by atoms with van der Waals surface area (Å²) >= 11 is 0. The van der Waals surface area contributed by atoms with E-state index in [0.29, 0.717) is 12.6 Å². The van der Waals surface area contributed by atoms with E-state index in [0.717, 1.165) is 25.9 Å². The van der Waals surface area contributed by atoms with E-state index in [4.69, 9.17) is 4.74 Å². The van der Waals surface area contributed by atoms with Crippen LogP contribution in [0.2, 0.25) is 0 Å². The van der Waals surface area contributed by atoms with E-state index in [-0.39, 0.29) is 12.1 Å². The first-order valence-electron chi connectivity index (χ1n) is 6.95. The van der Waals surface area contributed by atoms with Gasteiger partial charge in [0.25, 0.3) is 0 Å². The molecule has 1 N–H and O–H groups in total. The maximum Gasteiger partial charge on any atom is 0.411 e. The van der Waals surface area contributed by atoms with Crippen LogP contribution in [0.25, 0.3) is 0 Å². The Morgan fingerprint density at radius 1 is 1.32 bits per heavy atom. The number of alkyl halides is 3. The Balaban J connectivity index is 2.38. The maximum absolute atomic E-state index is 12.0. The van der Waals surface area contributed by atoms with E-state index >= 15 is 0 Å². The fourth-order valence-electron chi connectivity index (χ4n) is 2.49. The van der Waals surface area contributed by atoms with Crippen molar-refractivity contribution in [2.75, 3.05) is 32.8 Å². The molecular formula is C13H25F3N2O. The van der Waals surface area contributed by atoms with Crippen LogP contribution in [0.1, 0.15) is 33.6 Å². The zero-order valence-electron chi connectivity index (χ0n) is 12.0. The smallest absolute Gasteiger partial charge is 0.371 e. The fraction of sp³-hybridized carbons (Fsp3) is 1.00. The normalized spacial score (nSPS) is 24.6. The van der Waals surface area contributed by atoms with Gasteiger partial charge in [0.15, 0.2) is 0 Å². The lowest BCUT2D eigenvalue weighted by Gasteiger charge is -2.46. The zero-order valence-corrected chi connectivity index (χ0v) is 12.0. The molecule has 1 fully saturated rings. The summed E-state index contributed by atoms with van der Waals surface area (Å²) in [5.74, 6) is 0. The molecule has 0 radical (unpaired) electrons. The SMILES string of the molecule is CCC1(CC)CN(CCOCC(F)(F)F)C(C)CN1. The van der Waals surface area contributed by atoms with Gasteiger partial charge >= 0.3 is 6.18 Å². The Morgan fingerprint density at radius 3 is 2.47 bits per heavy atom. The quantitative estimate of drug-likeness (QED) is 0.757. The monoisotopic (exact) mass is 282 g/mol. The summed E-state index contributed by atoms with van der Waals surface area (Å²) in [6.45, 7) is 7.66. The number of hydrogen-bond acceptors (Lipinski definition) is 3. The summed E-state index contributed by atoms with van der Waals surface area (Å²) in [5, 5.41) is 3.56. The summed E-state index contributed by atoms with van der Waals surface area (Å²) in [5.41, 5.74) is 0.0938. The van der Waals surface area contributed by atoms with E-state index in [1.807, 2.05) is 0 Å². The van der Waals surface area contributed by atoms with Crippen molar-refractivity contribution < 1.29 is 17.9 Å². The number of nitrogens with one attached hydrogen (secondary N) is 1. The molecule has 1 rings (SSSR count). The number of nitrogens with zero attached hydrogens (tertiary/aromatic N) is 1. The Hall–Kier alpha value is -0.330. The molecule has 0 bridgehead atoms. The standard InChI is InChI=1S/C13H25F3N2O/c1-4-12(5-2)9-18(11(3)8-17-12)6-7-19-10-13(14,15)16/h11,17H,4-10H2,1-3H3. The number of piperazine rings is 1. The van der Waals surface area contributed by atoms with E-state index in [1.165, 1.54) is 0 Å². The molecule has 19 heavy (non-hydrogen) atoms. The highest BCUT2D eigenvalue weighted by Gasteiger charge is 2.35. The number of halogens is 3. The summed E-state index contributed by atoms with van der Waals surface area (Å²) < 4.78 is 40.6. The van der Waals surface area contributed by atoms with Crippen molar-refractivity contribution in [3.05, 3.63) is 0 Å². The van der Waals surface area contributed by atoms with Crippen molar-refractivity contribution in [2.24, 2.45) is 0 Å². The molecule has 0 aromatic heterocycles. The molecule has 0 spiro atoms. The molecule has 114 valence electrons. The van der Waals surface area contributed by atoms with Crippen LogP contribution in [-0.4, -0.2) is 55.5 Å². The Bertz CT molecular complexity index is 267. The number of hydrogen-bond donors (Lipinski definition) is 1. The van der Waals surface area contributed by atoms with Crippen molar-refractivity contribution in [2.45, 2.75) is 51.4 Å². The Labute approximate surface area is 113 Å². The van der Waals surface area contributed by atoms with E-state index in [1.54, 1.807) is 0 Å². The Kier molecular flexibility index (Phi) is 6.08. The average Bonchev–Trinajstić information content (AvgIpc) is 2.36. The molecule has 1 aliphatic rings. The minimum atomic E-state index is -4.23. The molecule has 0 aromatic rings. The molecule has 1 aliphatic heterocycles. The predicted molar refractivity (Wildman–Crippen MR) is 69.2 cm³/mol. The molecule has 1 heterocycles. The van der Waals surface area contributed by atoms with Crippen molar-refractivity contribution in [1.29, 1.82) is 0 Å². The van der Waals surface area contributed by atoms with Crippen LogP contribution < -0.4 is 5.32 Å². The van der Waals surface area contributed by atoms with Gasteiger partial charge in [0.1, 0.15) is 6.61 Å². The molecule has 0 amide bonds. The predicted octanol–water partition coefficient (Wildman–Crippen LogP) is 2.42. The van der Waals surface area contributed by atoms with Gasteiger partial charge in [-0.25, -0.2) is 0 Å². The van der Waals surface area contributed by atoms with Crippen LogP contribution in [0.3, 0.4) is 0 Å². The topological polar surface area (TPSA) is 24.5 Å². The van der Waals surface area contributed by atoms with E-state index in [9.17, 15) is 13.2 Å². The first kappa shape index (κ1) is 16.7. The van der Waals surface area contributed by atoms with Crippen LogP contribution in [0.4, 0.5) is 13.2 Å². The van der Waals surface area contributed by atoms with Gasteiger partial charge in [0.05, 0.1) is 6.61 Å². The second-order valence-corrected chi connectivity index (χ2v) is 5.36. The third-order valence-corrected chi connectivity index (χ3v) is 4.04. The van der Waals surface area contributed by atoms with Gasteiger partial charge in [0.2, 0.25) is 0 Å². The molecule has 0 aliphatic carbocycles. The zero-order chi connectivity index (χ0) is 14.5. The van der Waals surface area contributed by atoms with E-state index in [2.05, 4.69) is 31.0 Å². The second kappa shape index (κ2) is 6.90. The van der Waals surface area contributed by atoms with Crippen molar-refractivity contribution >= 4 is 0 Å². The van der Waals surface area contributed by atoms with Gasteiger partial charge in [-0.2, -0.15) is 13.2 Å². The number of rotatable bonds is 6. The van der Waals surface area contributed by atoms with E-state index < -0.39 is 12.8 Å². The van der Waals surface area contributed by atoms with Crippen LogP contribution in [0, 0.1) is 0 Å². The highest BCUT2D eigenvalue weighted by molar-refractivity contribution is 4.95. The molecule has 1 saturated heterocycles. The maximum atomic E-state index is 12.0. The minimum Gasteiger partial charge on any atom is -0.371 e. The van der Waals surface area contributed by atoms with Gasteiger partial charge in [-0.3, -0.25) is 4.90 Å². The third kappa shape index (κ3) is 5.28. The molecule has 1 unspecified atom stereocenters. The number of ether oxygens (including phenoxy) is 1. The average molecular weight is 282 g/mol. The molecule has 1 atom stereocenters. The summed E-state index contributed by atoms with van der Waals surface area (Å²) in [7, 11) is 0. The summed E-state index contributed by atoms with van der Waals surface area (Å²) in [4.78, 5) is 2.22. The third-order valence-electron chi connectivity index (χ3n) is 4.04. The molecular weight excluding hydrogens is 257 g/mol. The summed E-state index contributed by atoms with van der Waals surface area (Å²) in [6.07, 6.45) is -2.18. The second-order valence-electron chi connectivity index (χ2n) is 5.36. The van der Waals surface area contributed by atoms with Gasteiger partial charge in [-0.1, -0.05) is 13.8 Å². The first-order valence-corrected chi connectivity index (χ1v) is 6.95. The highest BCUT2D eigenvalue weighted by atomic mass is 19.4.